The number of rotatable bonds is 6. The first kappa shape index (κ1) is 22.3. The molecule has 1 aromatic heterocycles. The molecule has 1 fully saturated rings. The van der Waals surface area contributed by atoms with Crippen LogP contribution in [0.3, 0.4) is 0 Å². The molecule has 0 aliphatic carbocycles. The topological polar surface area (TPSA) is 61.9 Å². The largest absolute Gasteiger partial charge is 0.385 e. The van der Waals surface area contributed by atoms with Crippen LogP contribution >= 0.6 is 34.5 Å². The standard InChI is InChI=1S/C24H25Cl2N3OS/c25-20-7-6-17(15-21(20)26)8-11-29-12-9-24(30,10-13-29)18-3-1-4-19(16-18)28-23(27)22-5-2-14-31-22/h1-7,14-16,30H,8-13H2,(H2,27,28). The van der Waals surface area contributed by atoms with Gasteiger partial charge in [0.2, 0.25) is 0 Å². The molecule has 4 nitrogen and oxygen atoms in total. The third-order valence-electron chi connectivity index (χ3n) is 5.79. The molecule has 0 bridgehead atoms. The van der Waals surface area contributed by atoms with Crippen molar-refractivity contribution < 1.29 is 5.11 Å². The van der Waals surface area contributed by atoms with E-state index in [-0.39, 0.29) is 0 Å². The minimum absolute atomic E-state index is 0.497. The van der Waals surface area contributed by atoms with Crippen LogP contribution in [0.25, 0.3) is 0 Å². The van der Waals surface area contributed by atoms with E-state index in [2.05, 4.69) is 9.89 Å². The zero-order valence-electron chi connectivity index (χ0n) is 17.1. The number of halogens is 2. The lowest BCUT2D eigenvalue weighted by Crippen LogP contribution is -2.43. The van der Waals surface area contributed by atoms with Gasteiger partial charge in [0.15, 0.2) is 0 Å². The van der Waals surface area contributed by atoms with Crippen LogP contribution in [-0.4, -0.2) is 35.5 Å². The van der Waals surface area contributed by atoms with Crippen LogP contribution in [0, 0.1) is 0 Å². The lowest BCUT2D eigenvalue weighted by Gasteiger charge is -2.38. The van der Waals surface area contributed by atoms with Crippen molar-refractivity contribution in [2.75, 3.05) is 19.6 Å². The van der Waals surface area contributed by atoms with Gasteiger partial charge in [-0.05, 0) is 66.1 Å². The van der Waals surface area contributed by atoms with Crippen LogP contribution in [0.15, 0.2) is 65.0 Å². The number of likely N-dealkylation sites (tertiary alicyclic amines) is 1. The molecule has 1 aliphatic heterocycles. The molecule has 0 spiro atoms. The van der Waals surface area contributed by atoms with Gasteiger partial charge in [-0.3, -0.25) is 0 Å². The highest BCUT2D eigenvalue weighted by Crippen LogP contribution is 2.34. The second-order valence-corrected chi connectivity index (χ2v) is 9.66. The molecule has 2 aromatic carbocycles. The number of amidine groups is 1. The molecule has 0 unspecified atom stereocenters. The number of hydrogen-bond acceptors (Lipinski definition) is 4. The maximum atomic E-state index is 11.3. The Balaban J connectivity index is 1.38. The highest BCUT2D eigenvalue weighted by molar-refractivity contribution is 7.12. The quantitative estimate of drug-likeness (QED) is 0.360. The number of aliphatic hydroxyl groups is 1. The Hall–Kier alpha value is -1.89. The molecule has 3 aromatic rings. The van der Waals surface area contributed by atoms with E-state index in [0.29, 0.717) is 28.7 Å². The van der Waals surface area contributed by atoms with Gasteiger partial charge >= 0.3 is 0 Å². The van der Waals surface area contributed by atoms with E-state index in [0.717, 1.165) is 42.2 Å². The molecule has 1 saturated heterocycles. The van der Waals surface area contributed by atoms with E-state index in [1.807, 2.05) is 60.0 Å². The maximum Gasteiger partial charge on any atom is 0.141 e. The molecule has 162 valence electrons. The van der Waals surface area contributed by atoms with Crippen LogP contribution in [-0.2, 0) is 12.0 Å². The smallest absolute Gasteiger partial charge is 0.141 e. The van der Waals surface area contributed by atoms with Crippen molar-refractivity contribution in [2.45, 2.75) is 24.9 Å². The van der Waals surface area contributed by atoms with Crippen LogP contribution in [0.2, 0.25) is 10.0 Å². The van der Waals surface area contributed by atoms with Crippen molar-refractivity contribution >= 4 is 46.1 Å². The van der Waals surface area contributed by atoms with E-state index in [1.54, 1.807) is 11.3 Å². The molecule has 7 heteroatoms. The van der Waals surface area contributed by atoms with Crippen molar-refractivity contribution in [2.24, 2.45) is 10.7 Å². The summed E-state index contributed by atoms with van der Waals surface area (Å²) < 4.78 is 0. The van der Waals surface area contributed by atoms with Crippen molar-refractivity contribution in [3.63, 3.8) is 0 Å². The first-order valence-corrected chi connectivity index (χ1v) is 11.9. The SMILES string of the molecule is NC(=Nc1cccc(C2(O)CCN(CCc3ccc(Cl)c(Cl)c3)CC2)c1)c1cccs1. The zero-order chi connectivity index (χ0) is 21.8. The zero-order valence-corrected chi connectivity index (χ0v) is 19.4. The minimum Gasteiger partial charge on any atom is -0.385 e. The fraction of sp³-hybridized carbons (Fsp3) is 0.292. The molecular weight excluding hydrogens is 449 g/mol. The molecule has 0 saturated carbocycles. The van der Waals surface area contributed by atoms with Crippen molar-refractivity contribution in [1.82, 2.24) is 4.90 Å². The number of aliphatic imine (C=N–C) groups is 1. The predicted octanol–water partition coefficient (Wildman–Crippen LogP) is 5.62. The van der Waals surface area contributed by atoms with Crippen LogP contribution in [0.1, 0.15) is 28.8 Å². The Kier molecular flexibility index (Phi) is 6.99. The number of piperidine rings is 1. The summed E-state index contributed by atoms with van der Waals surface area (Å²) in [6, 6.07) is 17.5. The van der Waals surface area contributed by atoms with Gasteiger partial charge in [-0.15, -0.1) is 11.3 Å². The van der Waals surface area contributed by atoms with Gasteiger partial charge < -0.3 is 15.7 Å². The number of thiophene rings is 1. The fourth-order valence-electron chi connectivity index (χ4n) is 3.90. The molecule has 31 heavy (non-hydrogen) atoms. The Morgan fingerprint density at radius 2 is 1.87 bits per heavy atom. The molecule has 3 N–H and O–H groups in total. The van der Waals surface area contributed by atoms with E-state index in [4.69, 9.17) is 28.9 Å². The summed E-state index contributed by atoms with van der Waals surface area (Å²) in [5.41, 5.74) is 8.11. The number of nitrogens with zero attached hydrogens (tertiary/aromatic N) is 2. The highest BCUT2D eigenvalue weighted by atomic mass is 35.5. The Morgan fingerprint density at radius 1 is 1.06 bits per heavy atom. The van der Waals surface area contributed by atoms with E-state index < -0.39 is 5.60 Å². The average Bonchev–Trinajstić information content (AvgIpc) is 3.31. The van der Waals surface area contributed by atoms with Gasteiger partial charge in [0, 0.05) is 19.6 Å². The first-order valence-electron chi connectivity index (χ1n) is 10.3. The van der Waals surface area contributed by atoms with Crippen LogP contribution < -0.4 is 5.73 Å². The molecule has 0 radical (unpaired) electrons. The second-order valence-electron chi connectivity index (χ2n) is 7.90. The van der Waals surface area contributed by atoms with E-state index in [1.165, 1.54) is 5.56 Å². The van der Waals surface area contributed by atoms with Gasteiger partial charge in [-0.2, -0.15) is 0 Å². The van der Waals surface area contributed by atoms with Gasteiger partial charge in [0.25, 0.3) is 0 Å². The van der Waals surface area contributed by atoms with Crippen molar-refractivity contribution in [3.05, 3.63) is 86.0 Å². The number of benzene rings is 2. The summed E-state index contributed by atoms with van der Waals surface area (Å²) in [4.78, 5) is 7.87. The molecule has 2 heterocycles. The third kappa shape index (κ3) is 5.48. The number of nitrogens with two attached hydrogens (primary N) is 1. The molecule has 0 atom stereocenters. The molecule has 1 aliphatic rings. The van der Waals surface area contributed by atoms with Crippen LogP contribution in [0.5, 0.6) is 0 Å². The summed E-state index contributed by atoms with van der Waals surface area (Å²) in [6.45, 7) is 2.60. The third-order valence-corrected chi connectivity index (χ3v) is 7.42. The lowest BCUT2D eigenvalue weighted by atomic mass is 9.84. The summed E-state index contributed by atoms with van der Waals surface area (Å²) in [7, 11) is 0. The fourth-order valence-corrected chi connectivity index (χ4v) is 4.85. The Morgan fingerprint density at radius 3 is 2.58 bits per heavy atom. The molecule has 4 rings (SSSR count). The average molecular weight is 474 g/mol. The summed E-state index contributed by atoms with van der Waals surface area (Å²) in [5.74, 6) is 0.497. The lowest BCUT2D eigenvalue weighted by molar-refractivity contribution is -0.0255. The maximum absolute atomic E-state index is 11.3. The molecular formula is C24H25Cl2N3OS. The summed E-state index contributed by atoms with van der Waals surface area (Å²) >= 11 is 13.7. The Bertz CT molecular complexity index is 1060. The predicted molar refractivity (Wildman–Crippen MR) is 131 cm³/mol. The summed E-state index contributed by atoms with van der Waals surface area (Å²) in [5, 5.41) is 14.5. The first-order chi connectivity index (χ1) is 14.9. The van der Waals surface area contributed by atoms with Gasteiger partial charge in [-0.1, -0.05) is 47.5 Å². The van der Waals surface area contributed by atoms with Crippen molar-refractivity contribution in [3.8, 4) is 0 Å². The number of hydrogen-bond donors (Lipinski definition) is 2. The van der Waals surface area contributed by atoms with E-state index >= 15 is 0 Å². The van der Waals surface area contributed by atoms with Crippen molar-refractivity contribution in [1.29, 1.82) is 0 Å². The van der Waals surface area contributed by atoms with Gasteiger partial charge in [0.05, 0.1) is 26.2 Å². The minimum atomic E-state index is -0.844. The summed E-state index contributed by atoms with van der Waals surface area (Å²) in [6.07, 6.45) is 2.27. The Labute approximate surface area is 196 Å². The highest BCUT2D eigenvalue weighted by Gasteiger charge is 2.34. The monoisotopic (exact) mass is 473 g/mol. The van der Waals surface area contributed by atoms with Gasteiger partial charge in [-0.25, -0.2) is 4.99 Å². The van der Waals surface area contributed by atoms with Crippen LogP contribution in [0.4, 0.5) is 5.69 Å². The van der Waals surface area contributed by atoms with Gasteiger partial charge in [0.1, 0.15) is 5.84 Å². The molecule has 0 amide bonds. The second kappa shape index (κ2) is 9.72. The van der Waals surface area contributed by atoms with E-state index in [9.17, 15) is 5.11 Å². The normalized spacial score (nSPS) is 17.1.